The summed E-state index contributed by atoms with van der Waals surface area (Å²) in [4.78, 5) is 29.4. The van der Waals surface area contributed by atoms with Crippen LogP contribution in [0.5, 0.6) is 0 Å². The van der Waals surface area contributed by atoms with Crippen molar-refractivity contribution in [3.8, 4) is 0 Å². The van der Waals surface area contributed by atoms with Crippen LogP contribution in [0, 0.1) is 12.8 Å². The Morgan fingerprint density at radius 2 is 1.93 bits per heavy atom. The summed E-state index contributed by atoms with van der Waals surface area (Å²) in [5.74, 6) is 0.701. The van der Waals surface area contributed by atoms with E-state index < -0.39 is 0 Å². The number of thioether (sulfide) groups is 1. The number of allylic oxidation sites excluding steroid dienone is 1. The second kappa shape index (κ2) is 7.76. The lowest BCUT2D eigenvalue weighted by molar-refractivity contribution is 0.0937. The average Bonchev–Trinajstić information content (AvgIpc) is 3.05. The maximum absolute atomic E-state index is 13.2. The van der Waals surface area contributed by atoms with Gasteiger partial charge in [-0.3, -0.25) is 9.59 Å². The Hall–Kier alpha value is -1.65. The van der Waals surface area contributed by atoms with Gasteiger partial charge in [-0.1, -0.05) is 36.8 Å². The highest BCUT2D eigenvalue weighted by Crippen LogP contribution is 2.44. The topological polar surface area (TPSA) is 34.1 Å². The van der Waals surface area contributed by atoms with Crippen LogP contribution in [-0.4, -0.2) is 17.3 Å². The van der Waals surface area contributed by atoms with Gasteiger partial charge in [0.05, 0.1) is 11.7 Å². The molecule has 0 bridgehead atoms. The molecular weight excluding hydrogens is 372 g/mol. The molecule has 2 aliphatic carbocycles. The maximum atomic E-state index is 13.2. The van der Waals surface area contributed by atoms with Gasteiger partial charge in [0.15, 0.2) is 11.6 Å². The Kier molecular flexibility index (Phi) is 5.38. The molecule has 2 nitrogen and oxygen atoms in total. The first-order valence-electron chi connectivity index (χ1n) is 9.71. The van der Waals surface area contributed by atoms with E-state index in [0.29, 0.717) is 5.75 Å². The first-order chi connectivity index (χ1) is 13.1. The molecule has 0 aliphatic heterocycles. The summed E-state index contributed by atoms with van der Waals surface area (Å²) < 4.78 is 0. The fraction of sp³-hybridized carbons (Fsp3) is 0.391. The van der Waals surface area contributed by atoms with Gasteiger partial charge in [0.1, 0.15) is 0 Å². The van der Waals surface area contributed by atoms with E-state index in [1.165, 1.54) is 23.3 Å². The molecule has 1 aromatic heterocycles. The molecule has 1 atom stereocenters. The molecule has 27 heavy (non-hydrogen) atoms. The van der Waals surface area contributed by atoms with Gasteiger partial charge < -0.3 is 0 Å². The minimum Gasteiger partial charge on any atom is -0.293 e. The molecule has 0 saturated heterocycles. The quantitative estimate of drug-likeness (QED) is 0.571. The fourth-order valence-electron chi connectivity index (χ4n) is 3.99. The number of ketones is 2. The number of aryl methyl sites for hydroxylation is 2. The summed E-state index contributed by atoms with van der Waals surface area (Å²) in [5.41, 5.74) is 4.22. The standard InChI is InChI=1S/C23H24O2S2/c1-3-16-20(26-13-18(24)15-10-8-14(2)9-11-15)12-21-22(23(16)25)17-6-4-5-7-19(17)27-21/h8-12,16H,3-7,13H2,1-2H3. The first kappa shape index (κ1) is 18.7. The molecule has 4 rings (SSSR count). The van der Waals surface area contributed by atoms with Crippen LogP contribution in [0.15, 0.2) is 29.2 Å². The van der Waals surface area contributed by atoms with Crippen molar-refractivity contribution in [2.45, 2.75) is 46.0 Å². The van der Waals surface area contributed by atoms with E-state index >= 15 is 0 Å². The van der Waals surface area contributed by atoms with Crippen LogP contribution in [-0.2, 0) is 12.8 Å². The van der Waals surface area contributed by atoms with Gasteiger partial charge in [0.2, 0.25) is 0 Å². The number of thiophene rings is 1. The van der Waals surface area contributed by atoms with Crippen molar-refractivity contribution in [3.05, 3.63) is 61.2 Å². The zero-order chi connectivity index (χ0) is 19.0. The molecule has 1 aromatic carbocycles. The number of benzene rings is 1. The van der Waals surface area contributed by atoms with Gasteiger partial charge in [-0.2, -0.15) is 0 Å². The summed E-state index contributed by atoms with van der Waals surface area (Å²) in [5, 5.41) is 0. The molecule has 0 saturated carbocycles. The number of rotatable bonds is 5. The third-order valence-corrected chi connectivity index (χ3v) is 7.91. The molecule has 0 fully saturated rings. The number of carbonyl (C=O) groups excluding carboxylic acids is 2. The van der Waals surface area contributed by atoms with E-state index in [-0.39, 0.29) is 17.5 Å². The summed E-state index contributed by atoms with van der Waals surface area (Å²) in [6.07, 6.45) is 7.57. The second-order valence-electron chi connectivity index (χ2n) is 7.40. The SMILES string of the molecule is CCC1C(=O)c2c(sc3c2CCCC3)C=C1SCC(=O)c1ccc(C)cc1. The van der Waals surface area contributed by atoms with Crippen molar-refractivity contribution >= 4 is 40.7 Å². The lowest BCUT2D eigenvalue weighted by Gasteiger charge is -2.23. The molecule has 2 aliphatic rings. The zero-order valence-electron chi connectivity index (χ0n) is 15.8. The van der Waals surface area contributed by atoms with Crippen LogP contribution >= 0.6 is 23.1 Å². The van der Waals surface area contributed by atoms with Crippen LogP contribution in [0.4, 0.5) is 0 Å². The van der Waals surface area contributed by atoms with Crippen LogP contribution in [0.3, 0.4) is 0 Å². The number of hydrogen-bond donors (Lipinski definition) is 0. The molecule has 0 spiro atoms. The normalized spacial score (nSPS) is 18.7. The zero-order valence-corrected chi connectivity index (χ0v) is 17.5. The highest BCUT2D eigenvalue weighted by atomic mass is 32.2. The lowest BCUT2D eigenvalue weighted by atomic mass is 9.85. The van der Waals surface area contributed by atoms with Crippen molar-refractivity contribution in [2.75, 3.05) is 5.75 Å². The predicted molar refractivity (Wildman–Crippen MR) is 115 cm³/mol. The van der Waals surface area contributed by atoms with Crippen molar-refractivity contribution in [3.63, 3.8) is 0 Å². The van der Waals surface area contributed by atoms with Crippen LogP contribution < -0.4 is 0 Å². The Bertz CT molecular complexity index is 919. The minimum absolute atomic E-state index is 0.0889. The van der Waals surface area contributed by atoms with Gasteiger partial charge in [0.25, 0.3) is 0 Å². The van der Waals surface area contributed by atoms with Gasteiger partial charge in [-0.05, 0) is 55.6 Å². The van der Waals surface area contributed by atoms with E-state index in [1.807, 2.05) is 31.2 Å². The predicted octanol–water partition coefficient (Wildman–Crippen LogP) is 6.11. The molecule has 140 valence electrons. The number of fused-ring (bicyclic) bond motifs is 3. The van der Waals surface area contributed by atoms with Crippen molar-refractivity contribution in [2.24, 2.45) is 5.92 Å². The van der Waals surface area contributed by atoms with Gasteiger partial charge in [-0.15, -0.1) is 23.1 Å². The molecule has 0 N–H and O–H groups in total. The van der Waals surface area contributed by atoms with E-state index in [1.54, 1.807) is 23.1 Å². The van der Waals surface area contributed by atoms with E-state index in [0.717, 1.165) is 45.7 Å². The van der Waals surface area contributed by atoms with Gasteiger partial charge in [-0.25, -0.2) is 0 Å². The average molecular weight is 397 g/mol. The monoisotopic (exact) mass is 396 g/mol. The molecule has 0 amide bonds. The maximum Gasteiger partial charge on any atom is 0.173 e. The van der Waals surface area contributed by atoms with E-state index in [2.05, 4.69) is 13.0 Å². The fourth-order valence-corrected chi connectivity index (χ4v) is 6.56. The van der Waals surface area contributed by atoms with Crippen molar-refractivity contribution < 1.29 is 9.59 Å². The second-order valence-corrected chi connectivity index (χ2v) is 9.59. The third-order valence-electron chi connectivity index (χ3n) is 5.53. The molecular formula is C23H24O2S2. The van der Waals surface area contributed by atoms with Crippen LogP contribution in [0.1, 0.15) is 67.8 Å². The largest absolute Gasteiger partial charge is 0.293 e. The molecule has 1 heterocycles. The molecule has 0 radical (unpaired) electrons. The van der Waals surface area contributed by atoms with Crippen LogP contribution in [0.25, 0.3) is 6.08 Å². The highest BCUT2D eigenvalue weighted by molar-refractivity contribution is 8.03. The number of Topliss-reactive ketones (excluding diaryl/α,β-unsaturated/α-hetero) is 2. The summed E-state index contributed by atoms with van der Waals surface area (Å²) in [7, 11) is 0. The highest BCUT2D eigenvalue weighted by Gasteiger charge is 2.34. The summed E-state index contributed by atoms with van der Waals surface area (Å²) >= 11 is 3.34. The van der Waals surface area contributed by atoms with Gasteiger partial charge in [0, 0.05) is 20.9 Å². The smallest absolute Gasteiger partial charge is 0.173 e. The summed E-state index contributed by atoms with van der Waals surface area (Å²) in [6.45, 7) is 4.09. The number of hydrogen-bond acceptors (Lipinski definition) is 4. The Balaban J connectivity index is 1.58. The first-order valence-corrected chi connectivity index (χ1v) is 11.5. The lowest BCUT2D eigenvalue weighted by Crippen LogP contribution is -2.21. The Labute approximate surface area is 169 Å². The van der Waals surface area contributed by atoms with E-state index in [4.69, 9.17) is 0 Å². The summed E-state index contributed by atoms with van der Waals surface area (Å²) in [6, 6.07) is 7.72. The molecule has 4 heteroatoms. The molecule has 1 unspecified atom stereocenters. The van der Waals surface area contributed by atoms with Gasteiger partial charge >= 0.3 is 0 Å². The van der Waals surface area contributed by atoms with Crippen molar-refractivity contribution in [1.82, 2.24) is 0 Å². The van der Waals surface area contributed by atoms with Crippen LogP contribution in [0.2, 0.25) is 0 Å². The number of carbonyl (C=O) groups is 2. The van der Waals surface area contributed by atoms with Crippen molar-refractivity contribution in [1.29, 1.82) is 0 Å². The minimum atomic E-state index is -0.0889. The molecule has 2 aromatic rings. The Morgan fingerprint density at radius 1 is 1.19 bits per heavy atom. The Morgan fingerprint density at radius 3 is 2.67 bits per heavy atom. The van der Waals surface area contributed by atoms with E-state index in [9.17, 15) is 9.59 Å². The third kappa shape index (κ3) is 3.57.